The van der Waals surface area contributed by atoms with Gasteiger partial charge in [-0.15, -0.1) is 0 Å². The lowest BCUT2D eigenvalue weighted by Gasteiger charge is -2.13. The van der Waals surface area contributed by atoms with Gasteiger partial charge in [0.2, 0.25) is 5.91 Å². The number of benzene rings is 1. The zero-order valence-electron chi connectivity index (χ0n) is 8.66. The average Bonchev–Trinajstić information content (AvgIpc) is 2.19. The second kappa shape index (κ2) is 5.27. The number of rotatable bonds is 2. The molecule has 17 heavy (non-hydrogen) atoms. The van der Waals surface area contributed by atoms with Crippen LogP contribution in [-0.4, -0.2) is 11.2 Å². The lowest BCUT2D eigenvalue weighted by molar-refractivity contribution is -0.137. The van der Waals surface area contributed by atoms with Crippen molar-refractivity contribution in [1.29, 1.82) is 0 Å². The van der Waals surface area contributed by atoms with Gasteiger partial charge in [-0.1, -0.05) is 27.5 Å². The zero-order valence-corrected chi connectivity index (χ0v) is 11.0. The minimum atomic E-state index is -4.54. The Kier molecular flexibility index (Phi) is 4.43. The Hall–Kier alpha value is -0.750. The molecule has 0 spiro atoms. The van der Waals surface area contributed by atoms with Crippen molar-refractivity contribution in [2.24, 2.45) is 0 Å². The molecular formula is C10H8BrClF3NO. The van der Waals surface area contributed by atoms with Crippen molar-refractivity contribution in [1.82, 2.24) is 0 Å². The van der Waals surface area contributed by atoms with E-state index in [2.05, 4.69) is 21.2 Å². The highest BCUT2D eigenvalue weighted by molar-refractivity contribution is 9.09. The Bertz CT molecular complexity index is 448. The van der Waals surface area contributed by atoms with Crippen LogP contribution in [0.25, 0.3) is 0 Å². The van der Waals surface area contributed by atoms with Crippen molar-refractivity contribution in [3.8, 4) is 0 Å². The highest BCUT2D eigenvalue weighted by Gasteiger charge is 2.33. The minimum Gasteiger partial charge on any atom is -0.325 e. The molecule has 1 N–H and O–H groups in total. The van der Waals surface area contributed by atoms with Crippen molar-refractivity contribution in [2.45, 2.75) is 13.1 Å². The number of amides is 1. The number of hydrogen-bond acceptors (Lipinski definition) is 1. The summed E-state index contributed by atoms with van der Waals surface area (Å²) in [7, 11) is 0. The van der Waals surface area contributed by atoms with Crippen LogP contribution in [0.15, 0.2) is 12.1 Å². The van der Waals surface area contributed by atoms with Gasteiger partial charge in [-0.05, 0) is 24.6 Å². The van der Waals surface area contributed by atoms with Crippen LogP contribution in [0.2, 0.25) is 5.02 Å². The zero-order chi connectivity index (χ0) is 13.2. The standard InChI is InChI=1S/C10H8BrClF3NO/c1-5-2-7(12)6(10(13,14)15)3-8(5)16-9(17)4-11/h2-3H,4H2,1H3,(H,16,17). The van der Waals surface area contributed by atoms with Gasteiger partial charge in [0, 0.05) is 5.69 Å². The molecule has 0 aliphatic rings. The van der Waals surface area contributed by atoms with Crippen LogP contribution in [0, 0.1) is 6.92 Å². The van der Waals surface area contributed by atoms with Crippen LogP contribution >= 0.6 is 27.5 Å². The molecule has 1 rings (SSSR count). The number of hydrogen-bond donors (Lipinski definition) is 1. The number of carbonyl (C=O) groups excluding carboxylic acids is 1. The van der Waals surface area contributed by atoms with Crippen LogP contribution in [-0.2, 0) is 11.0 Å². The van der Waals surface area contributed by atoms with E-state index in [4.69, 9.17) is 11.6 Å². The smallest absolute Gasteiger partial charge is 0.325 e. The van der Waals surface area contributed by atoms with E-state index in [1.807, 2.05) is 0 Å². The molecule has 1 aromatic carbocycles. The molecule has 1 amide bonds. The number of alkyl halides is 4. The van der Waals surface area contributed by atoms with E-state index in [9.17, 15) is 18.0 Å². The highest BCUT2D eigenvalue weighted by atomic mass is 79.9. The van der Waals surface area contributed by atoms with Gasteiger partial charge in [0.15, 0.2) is 0 Å². The lowest BCUT2D eigenvalue weighted by atomic mass is 10.1. The van der Waals surface area contributed by atoms with E-state index in [1.54, 1.807) is 6.92 Å². The molecule has 7 heteroatoms. The molecule has 0 aromatic heterocycles. The molecule has 0 heterocycles. The topological polar surface area (TPSA) is 29.1 Å². The molecule has 0 bridgehead atoms. The second-order valence-electron chi connectivity index (χ2n) is 3.33. The van der Waals surface area contributed by atoms with Crippen molar-refractivity contribution < 1.29 is 18.0 Å². The van der Waals surface area contributed by atoms with Crippen molar-refractivity contribution in [2.75, 3.05) is 10.6 Å². The second-order valence-corrected chi connectivity index (χ2v) is 4.29. The van der Waals surface area contributed by atoms with Gasteiger partial charge in [0.25, 0.3) is 0 Å². The van der Waals surface area contributed by atoms with E-state index in [1.165, 1.54) is 6.07 Å². The summed E-state index contributed by atoms with van der Waals surface area (Å²) in [4.78, 5) is 11.1. The lowest BCUT2D eigenvalue weighted by Crippen LogP contribution is -2.15. The molecule has 0 unspecified atom stereocenters. The summed E-state index contributed by atoms with van der Waals surface area (Å²) >= 11 is 8.42. The first-order valence-corrected chi connectivity index (χ1v) is 5.99. The molecule has 2 nitrogen and oxygen atoms in total. The first-order valence-electron chi connectivity index (χ1n) is 4.49. The summed E-state index contributed by atoms with van der Waals surface area (Å²) < 4.78 is 37.7. The maximum Gasteiger partial charge on any atom is 0.417 e. The molecule has 0 fully saturated rings. The average molecular weight is 331 g/mol. The minimum absolute atomic E-state index is 0.0103. The molecule has 0 radical (unpaired) electrons. The quantitative estimate of drug-likeness (QED) is 0.816. The van der Waals surface area contributed by atoms with Crippen molar-refractivity contribution in [3.05, 3.63) is 28.3 Å². The Labute approximate surface area is 109 Å². The van der Waals surface area contributed by atoms with Gasteiger partial charge in [0.1, 0.15) is 0 Å². The van der Waals surface area contributed by atoms with Crippen LogP contribution in [0.4, 0.5) is 18.9 Å². The third kappa shape index (κ3) is 3.61. The maximum atomic E-state index is 12.6. The largest absolute Gasteiger partial charge is 0.417 e. The fraction of sp³-hybridized carbons (Fsp3) is 0.300. The van der Waals surface area contributed by atoms with Gasteiger partial charge in [-0.2, -0.15) is 13.2 Å². The molecule has 94 valence electrons. The monoisotopic (exact) mass is 329 g/mol. The SMILES string of the molecule is Cc1cc(Cl)c(C(F)(F)F)cc1NC(=O)CBr. The molecule has 0 saturated carbocycles. The van der Waals surface area contributed by atoms with Crippen LogP contribution < -0.4 is 5.32 Å². The number of anilines is 1. The van der Waals surface area contributed by atoms with E-state index in [-0.39, 0.29) is 16.0 Å². The molecule has 0 aliphatic heterocycles. The predicted molar refractivity (Wildman–Crippen MR) is 63.6 cm³/mol. The summed E-state index contributed by atoms with van der Waals surface area (Å²) in [5.74, 6) is -0.427. The van der Waals surface area contributed by atoms with Gasteiger partial charge in [-0.25, -0.2) is 0 Å². The first-order chi connectivity index (χ1) is 7.75. The molecule has 0 atom stereocenters. The Balaban J connectivity index is 3.20. The van der Waals surface area contributed by atoms with E-state index in [0.717, 1.165) is 6.07 Å². The fourth-order valence-electron chi connectivity index (χ4n) is 1.21. The van der Waals surface area contributed by atoms with Gasteiger partial charge in [-0.3, -0.25) is 4.79 Å². The molecule has 0 saturated heterocycles. The Morgan fingerprint density at radius 2 is 2.06 bits per heavy atom. The van der Waals surface area contributed by atoms with Gasteiger partial charge in [0.05, 0.1) is 15.9 Å². The van der Waals surface area contributed by atoms with Crippen molar-refractivity contribution in [3.63, 3.8) is 0 Å². The van der Waals surface area contributed by atoms with Gasteiger partial charge < -0.3 is 5.32 Å². The number of nitrogens with one attached hydrogen (secondary N) is 1. The molecule has 1 aromatic rings. The third-order valence-electron chi connectivity index (χ3n) is 2.01. The summed E-state index contributed by atoms with van der Waals surface area (Å²) in [5.41, 5.74) is -0.391. The van der Waals surface area contributed by atoms with E-state index < -0.39 is 17.6 Å². The summed E-state index contributed by atoms with van der Waals surface area (Å²) in [5, 5.41) is 1.98. The summed E-state index contributed by atoms with van der Waals surface area (Å²) in [6.07, 6.45) is -4.54. The normalized spacial score (nSPS) is 11.4. The Morgan fingerprint density at radius 1 is 1.47 bits per heavy atom. The third-order valence-corrected chi connectivity index (χ3v) is 2.84. The molecular weight excluding hydrogens is 322 g/mol. The number of carbonyl (C=O) groups is 1. The maximum absolute atomic E-state index is 12.6. The fourth-order valence-corrected chi connectivity index (χ4v) is 1.67. The van der Waals surface area contributed by atoms with E-state index in [0.29, 0.717) is 5.56 Å². The number of aryl methyl sites for hydroxylation is 1. The van der Waals surface area contributed by atoms with Gasteiger partial charge >= 0.3 is 6.18 Å². The van der Waals surface area contributed by atoms with Crippen LogP contribution in [0.1, 0.15) is 11.1 Å². The summed E-state index contributed by atoms with van der Waals surface area (Å²) in [6, 6.07) is 2.01. The predicted octanol–water partition coefficient (Wildman–Crippen LogP) is 4.00. The first kappa shape index (κ1) is 14.3. The Morgan fingerprint density at radius 3 is 2.53 bits per heavy atom. The summed E-state index contributed by atoms with van der Waals surface area (Å²) in [6.45, 7) is 1.57. The van der Waals surface area contributed by atoms with Crippen LogP contribution in [0.5, 0.6) is 0 Å². The van der Waals surface area contributed by atoms with Crippen molar-refractivity contribution >= 4 is 39.1 Å². The van der Waals surface area contributed by atoms with E-state index >= 15 is 0 Å². The highest BCUT2D eigenvalue weighted by Crippen LogP contribution is 2.37. The van der Waals surface area contributed by atoms with Crippen LogP contribution in [0.3, 0.4) is 0 Å². The molecule has 0 aliphatic carbocycles. The number of halogens is 5.